The molecule has 154 valence electrons. The molecule has 2 heterocycles. The van der Waals surface area contributed by atoms with Crippen LogP contribution in [0.5, 0.6) is 5.75 Å². The molecular formula is C23H27FN2O3. The molecule has 2 aliphatic heterocycles. The summed E-state index contributed by atoms with van der Waals surface area (Å²) < 4.78 is 24.8. The molecule has 29 heavy (non-hydrogen) atoms. The van der Waals surface area contributed by atoms with Crippen LogP contribution in [-0.2, 0) is 16.6 Å². The number of urea groups is 1. The van der Waals surface area contributed by atoms with E-state index >= 15 is 0 Å². The summed E-state index contributed by atoms with van der Waals surface area (Å²) in [6.45, 7) is 5.02. The van der Waals surface area contributed by atoms with Crippen LogP contribution in [0.25, 0.3) is 0 Å². The lowest BCUT2D eigenvalue weighted by Crippen LogP contribution is -2.48. The number of nitrogens with zero attached hydrogens (tertiary/aromatic N) is 1. The number of ether oxygens (including phenoxy) is 2. The number of rotatable bonds is 5. The minimum absolute atomic E-state index is 0.175. The molecule has 6 heteroatoms. The molecule has 4 rings (SSSR count). The first-order valence-electron chi connectivity index (χ1n) is 10.3. The van der Waals surface area contributed by atoms with E-state index in [1.807, 2.05) is 19.1 Å². The van der Waals surface area contributed by atoms with Crippen LogP contribution in [0.1, 0.15) is 30.9 Å². The van der Waals surface area contributed by atoms with Crippen molar-refractivity contribution in [2.75, 3.05) is 37.8 Å². The molecule has 5 nitrogen and oxygen atoms in total. The van der Waals surface area contributed by atoms with Gasteiger partial charge in [-0.3, -0.25) is 4.90 Å². The zero-order valence-electron chi connectivity index (χ0n) is 16.7. The lowest BCUT2D eigenvalue weighted by atomic mass is 9.74. The zero-order chi connectivity index (χ0) is 20.3. The zero-order valence-corrected chi connectivity index (χ0v) is 16.7. The van der Waals surface area contributed by atoms with Gasteiger partial charge in [0.15, 0.2) is 0 Å². The molecule has 0 atom stereocenters. The maximum Gasteiger partial charge on any atom is 0.321 e. The van der Waals surface area contributed by atoms with Gasteiger partial charge in [0.05, 0.1) is 12.3 Å². The molecule has 2 aliphatic rings. The number of carbonyl (C=O) groups is 1. The van der Waals surface area contributed by atoms with Gasteiger partial charge in [0.1, 0.15) is 11.6 Å². The molecule has 0 radical (unpaired) electrons. The van der Waals surface area contributed by atoms with Crippen LogP contribution in [0.3, 0.4) is 0 Å². The van der Waals surface area contributed by atoms with Gasteiger partial charge in [0.2, 0.25) is 0 Å². The highest BCUT2D eigenvalue weighted by Crippen LogP contribution is 2.35. The molecule has 0 spiro atoms. The van der Waals surface area contributed by atoms with Gasteiger partial charge in [-0.15, -0.1) is 0 Å². The van der Waals surface area contributed by atoms with Gasteiger partial charge in [-0.25, -0.2) is 9.18 Å². The molecule has 1 fully saturated rings. The van der Waals surface area contributed by atoms with Crippen LogP contribution in [-0.4, -0.2) is 38.9 Å². The monoisotopic (exact) mass is 398 g/mol. The predicted molar refractivity (Wildman–Crippen MR) is 110 cm³/mol. The van der Waals surface area contributed by atoms with E-state index in [-0.39, 0.29) is 17.3 Å². The van der Waals surface area contributed by atoms with Crippen molar-refractivity contribution in [2.24, 2.45) is 0 Å². The lowest BCUT2D eigenvalue weighted by Gasteiger charge is -2.38. The lowest BCUT2D eigenvalue weighted by molar-refractivity contribution is 0.0507. The fraction of sp³-hybridized carbons (Fsp3) is 0.435. The predicted octanol–water partition coefficient (Wildman–Crippen LogP) is 4.04. The van der Waals surface area contributed by atoms with E-state index in [0.29, 0.717) is 38.6 Å². The van der Waals surface area contributed by atoms with Crippen molar-refractivity contribution in [1.82, 2.24) is 5.32 Å². The highest BCUT2D eigenvalue weighted by molar-refractivity contribution is 5.94. The molecule has 1 N–H and O–H groups in total. The second-order valence-corrected chi connectivity index (χ2v) is 7.68. The SMILES string of the molecule is CCOc1ccc(C2(CNC(=O)N3CCc4ccc(F)cc43)CCOCC2)cc1. The second kappa shape index (κ2) is 8.41. The van der Waals surface area contributed by atoms with Gasteiger partial charge in [-0.05, 0) is 61.6 Å². The van der Waals surface area contributed by atoms with Crippen molar-refractivity contribution in [3.05, 3.63) is 59.4 Å². The van der Waals surface area contributed by atoms with E-state index in [9.17, 15) is 9.18 Å². The normalized spacial score (nSPS) is 17.7. The Morgan fingerprint density at radius 2 is 1.97 bits per heavy atom. The van der Waals surface area contributed by atoms with Gasteiger partial charge >= 0.3 is 6.03 Å². The first kappa shape index (κ1) is 19.7. The topological polar surface area (TPSA) is 50.8 Å². The fourth-order valence-corrected chi connectivity index (χ4v) is 4.30. The summed E-state index contributed by atoms with van der Waals surface area (Å²) in [6.07, 6.45) is 2.43. The summed E-state index contributed by atoms with van der Waals surface area (Å²) in [7, 11) is 0. The van der Waals surface area contributed by atoms with Gasteiger partial charge in [0, 0.05) is 31.7 Å². The van der Waals surface area contributed by atoms with Crippen molar-refractivity contribution in [1.29, 1.82) is 0 Å². The van der Waals surface area contributed by atoms with Crippen molar-refractivity contribution in [3.8, 4) is 5.75 Å². The van der Waals surface area contributed by atoms with E-state index < -0.39 is 0 Å². The first-order chi connectivity index (χ1) is 14.1. The fourth-order valence-electron chi connectivity index (χ4n) is 4.30. The highest BCUT2D eigenvalue weighted by Gasteiger charge is 2.36. The summed E-state index contributed by atoms with van der Waals surface area (Å²) in [6, 6.07) is 12.6. The number of benzene rings is 2. The molecule has 0 saturated carbocycles. The quantitative estimate of drug-likeness (QED) is 0.827. The summed E-state index contributed by atoms with van der Waals surface area (Å²) >= 11 is 0. The van der Waals surface area contributed by atoms with E-state index in [4.69, 9.17) is 9.47 Å². The van der Waals surface area contributed by atoms with E-state index in [1.165, 1.54) is 17.7 Å². The maximum absolute atomic E-state index is 13.7. The van der Waals surface area contributed by atoms with Crippen LogP contribution in [0.15, 0.2) is 42.5 Å². The molecule has 0 aromatic heterocycles. The molecular weight excluding hydrogens is 371 g/mol. The molecule has 2 amide bonds. The van der Waals surface area contributed by atoms with E-state index in [2.05, 4.69) is 17.4 Å². The summed E-state index contributed by atoms with van der Waals surface area (Å²) in [5.41, 5.74) is 2.68. The second-order valence-electron chi connectivity index (χ2n) is 7.68. The Kier molecular flexibility index (Phi) is 5.72. The van der Waals surface area contributed by atoms with Crippen LogP contribution >= 0.6 is 0 Å². The number of nitrogens with one attached hydrogen (secondary N) is 1. The molecule has 2 aromatic rings. The Morgan fingerprint density at radius 3 is 2.69 bits per heavy atom. The minimum Gasteiger partial charge on any atom is -0.494 e. The minimum atomic E-state index is -0.321. The van der Waals surface area contributed by atoms with Gasteiger partial charge in [-0.2, -0.15) is 0 Å². The van der Waals surface area contributed by atoms with Gasteiger partial charge in [-0.1, -0.05) is 18.2 Å². The Morgan fingerprint density at radius 1 is 1.21 bits per heavy atom. The summed E-state index contributed by atoms with van der Waals surface area (Å²) in [5.74, 6) is 0.525. The third-order valence-electron chi connectivity index (χ3n) is 5.99. The smallest absolute Gasteiger partial charge is 0.321 e. The van der Waals surface area contributed by atoms with E-state index in [0.717, 1.165) is 30.6 Å². The highest BCUT2D eigenvalue weighted by atomic mass is 19.1. The average molecular weight is 398 g/mol. The Hall–Kier alpha value is -2.60. The Bertz CT molecular complexity index is 863. The number of halogens is 1. The number of hydrogen-bond donors (Lipinski definition) is 1. The molecule has 2 aromatic carbocycles. The average Bonchev–Trinajstić information content (AvgIpc) is 3.16. The molecule has 1 saturated heterocycles. The van der Waals surface area contributed by atoms with Gasteiger partial charge in [0.25, 0.3) is 0 Å². The number of fused-ring (bicyclic) bond motifs is 1. The standard InChI is InChI=1S/C23H27FN2O3/c1-2-29-20-7-4-18(5-8-20)23(10-13-28-14-11-23)16-25-22(27)26-12-9-17-3-6-19(24)15-21(17)26/h3-8,15H,2,9-14,16H2,1H3,(H,25,27). The number of amides is 2. The van der Waals surface area contributed by atoms with Crippen LogP contribution in [0.4, 0.5) is 14.9 Å². The van der Waals surface area contributed by atoms with Crippen molar-refractivity contribution in [2.45, 2.75) is 31.6 Å². The third kappa shape index (κ3) is 4.08. The molecule has 0 aliphatic carbocycles. The molecule has 0 bridgehead atoms. The third-order valence-corrected chi connectivity index (χ3v) is 5.99. The largest absolute Gasteiger partial charge is 0.494 e. The maximum atomic E-state index is 13.7. The van der Waals surface area contributed by atoms with E-state index in [1.54, 1.807) is 11.0 Å². The van der Waals surface area contributed by atoms with Crippen molar-refractivity contribution in [3.63, 3.8) is 0 Å². The number of carbonyl (C=O) groups excluding carboxylic acids is 1. The summed E-state index contributed by atoms with van der Waals surface area (Å²) in [5, 5.41) is 3.11. The van der Waals surface area contributed by atoms with Crippen molar-refractivity contribution < 1.29 is 18.7 Å². The Labute approximate surface area is 170 Å². The summed E-state index contributed by atoms with van der Waals surface area (Å²) in [4.78, 5) is 14.6. The van der Waals surface area contributed by atoms with Crippen LogP contribution < -0.4 is 15.0 Å². The van der Waals surface area contributed by atoms with Crippen LogP contribution in [0.2, 0.25) is 0 Å². The van der Waals surface area contributed by atoms with Gasteiger partial charge < -0.3 is 14.8 Å². The van der Waals surface area contributed by atoms with Crippen molar-refractivity contribution >= 4 is 11.7 Å². The Balaban J connectivity index is 1.49. The number of hydrogen-bond acceptors (Lipinski definition) is 3. The van der Waals surface area contributed by atoms with Crippen LogP contribution in [0, 0.1) is 5.82 Å². The number of anilines is 1. The first-order valence-corrected chi connectivity index (χ1v) is 10.3. The molecule has 0 unspecified atom stereocenters.